The lowest BCUT2D eigenvalue weighted by atomic mass is 9.87. The first-order valence-electron chi connectivity index (χ1n) is 21.8. The molecule has 62 heavy (non-hydrogen) atoms. The minimum absolute atomic E-state index is 0.0466. The molecule has 0 N–H and O–H groups in total. The van der Waals surface area contributed by atoms with E-state index >= 15 is 0 Å². The topological polar surface area (TPSA) is 18.0 Å². The summed E-state index contributed by atoms with van der Waals surface area (Å²) in [5.41, 5.74) is 15.5. The van der Waals surface area contributed by atoms with Crippen LogP contribution in [0.15, 0.2) is 194 Å². The van der Waals surface area contributed by atoms with Crippen molar-refractivity contribution >= 4 is 71.6 Å². The van der Waals surface area contributed by atoms with Gasteiger partial charge in [-0.3, -0.25) is 0 Å². The van der Waals surface area contributed by atoms with Crippen LogP contribution in [-0.2, 0) is 10.8 Å². The standard InChI is InChI=1S/C58H50N4/c1-57(2,3)40-21-25-43(26-22-40)60(47-33-35-54-51(38-47)49-17-11-12-18-52(49)61(54)45-27-23-41(24-28-45)58(4,5)6)44-29-31-46(32-30-44)62-53-19-13-10-16-48(53)50-34-20-39-36-37-59(55(39)56(50)62)42-14-8-7-9-15-42/h7-38H,1-6H3. The average molecular weight is 803 g/mol. The molecule has 0 fully saturated rings. The predicted molar refractivity (Wildman–Crippen MR) is 264 cm³/mol. The van der Waals surface area contributed by atoms with Crippen LogP contribution in [0.3, 0.4) is 0 Å². The van der Waals surface area contributed by atoms with Crippen molar-refractivity contribution in [1.82, 2.24) is 13.7 Å². The van der Waals surface area contributed by atoms with Gasteiger partial charge in [-0.1, -0.05) is 133 Å². The second kappa shape index (κ2) is 14.1. The largest absolute Gasteiger partial charge is 0.315 e. The van der Waals surface area contributed by atoms with Gasteiger partial charge in [0.15, 0.2) is 0 Å². The smallest absolute Gasteiger partial charge is 0.0788 e. The minimum atomic E-state index is 0.0466. The van der Waals surface area contributed by atoms with Crippen molar-refractivity contribution < 1.29 is 0 Å². The number of para-hydroxylation sites is 3. The highest BCUT2D eigenvalue weighted by Gasteiger charge is 2.22. The van der Waals surface area contributed by atoms with Gasteiger partial charge in [0.05, 0.1) is 27.6 Å². The van der Waals surface area contributed by atoms with Crippen molar-refractivity contribution in [2.24, 2.45) is 0 Å². The van der Waals surface area contributed by atoms with Gasteiger partial charge in [0, 0.05) is 67.3 Å². The van der Waals surface area contributed by atoms with Crippen LogP contribution in [0, 0.1) is 0 Å². The Labute approximate surface area is 363 Å². The lowest BCUT2D eigenvalue weighted by Gasteiger charge is -2.27. The molecule has 4 nitrogen and oxygen atoms in total. The molecule has 0 aliphatic rings. The first-order chi connectivity index (χ1) is 30.0. The predicted octanol–water partition coefficient (Wildman–Crippen LogP) is 15.9. The number of benzene rings is 8. The molecule has 302 valence electrons. The van der Waals surface area contributed by atoms with E-state index in [1.807, 2.05) is 0 Å². The average Bonchev–Trinajstić information content (AvgIpc) is 3.97. The molecule has 0 spiro atoms. The summed E-state index contributed by atoms with van der Waals surface area (Å²) in [6.07, 6.45) is 2.20. The van der Waals surface area contributed by atoms with E-state index in [0.717, 1.165) is 28.4 Å². The molecule has 11 rings (SSSR count). The highest BCUT2D eigenvalue weighted by atomic mass is 15.1. The van der Waals surface area contributed by atoms with Crippen LogP contribution in [-0.4, -0.2) is 13.7 Å². The van der Waals surface area contributed by atoms with E-state index in [1.54, 1.807) is 0 Å². The van der Waals surface area contributed by atoms with E-state index in [2.05, 4.69) is 254 Å². The Balaban J connectivity index is 1.09. The fraction of sp³-hybridized carbons (Fsp3) is 0.138. The Morgan fingerprint density at radius 2 is 0.855 bits per heavy atom. The van der Waals surface area contributed by atoms with Gasteiger partial charge in [0.25, 0.3) is 0 Å². The number of rotatable bonds is 6. The summed E-state index contributed by atoms with van der Waals surface area (Å²) < 4.78 is 7.20. The Morgan fingerprint density at radius 3 is 1.50 bits per heavy atom. The fourth-order valence-electron chi connectivity index (χ4n) is 9.54. The minimum Gasteiger partial charge on any atom is -0.315 e. The molecule has 0 saturated carbocycles. The summed E-state index contributed by atoms with van der Waals surface area (Å²) >= 11 is 0. The summed E-state index contributed by atoms with van der Waals surface area (Å²) in [6.45, 7) is 13.6. The second-order valence-electron chi connectivity index (χ2n) is 18.8. The maximum absolute atomic E-state index is 2.45. The maximum Gasteiger partial charge on any atom is 0.0788 e. The number of aromatic nitrogens is 3. The van der Waals surface area contributed by atoms with Crippen LogP contribution in [0.1, 0.15) is 52.7 Å². The molecule has 3 aromatic heterocycles. The molecular formula is C58H50N4. The van der Waals surface area contributed by atoms with Crippen molar-refractivity contribution in [1.29, 1.82) is 0 Å². The van der Waals surface area contributed by atoms with Crippen molar-refractivity contribution in [2.45, 2.75) is 52.4 Å². The van der Waals surface area contributed by atoms with Crippen LogP contribution < -0.4 is 4.90 Å². The summed E-state index contributed by atoms with van der Waals surface area (Å²) in [4.78, 5) is 2.41. The van der Waals surface area contributed by atoms with Crippen molar-refractivity contribution in [2.75, 3.05) is 4.90 Å². The molecule has 0 atom stereocenters. The molecule has 0 aliphatic heterocycles. The number of anilines is 3. The SMILES string of the molecule is CC(C)(C)c1ccc(N(c2ccc(-n3c4ccccc4c4ccc5ccn(-c6ccccc6)c5c43)cc2)c2ccc3c(c2)c2ccccc2n3-c2ccc(C(C)(C)C)cc2)cc1. The molecule has 0 bridgehead atoms. The zero-order chi connectivity index (χ0) is 42.3. The van der Waals surface area contributed by atoms with E-state index in [4.69, 9.17) is 0 Å². The first-order valence-corrected chi connectivity index (χ1v) is 21.8. The van der Waals surface area contributed by atoms with Gasteiger partial charge in [0.1, 0.15) is 0 Å². The molecule has 0 unspecified atom stereocenters. The molecule has 0 aliphatic carbocycles. The summed E-state index contributed by atoms with van der Waals surface area (Å²) in [6, 6.07) is 69.4. The van der Waals surface area contributed by atoms with E-state index in [9.17, 15) is 0 Å². The van der Waals surface area contributed by atoms with Gasteiger partial charge in [-0.25, -0.2) is 0 Å². The lowest BCUT2D eigenvalue weighted by molar-refractivity contribution is 0.590. The number of hydrogen-bond donors (Lipinski definition) is 0. The van der Waals surface area contributed by atoms with Crippen LogP contribution in [0.4, 0.5) is 17.1 Å². The highest BCUT2D eigenvalue weighted by molar-refractivity contribution is 6.18. The third-order valence-electron chi connectivity index (χ3n) is 12.8. The van der Waals surface area contributed by atoms with Crippen LogP contribution >= 0.6 is 0 Å². The highest BCUT2D eigenvalue weighted by Crippen LogP contribution is 2.42. The molecule has 0 saturated heterocycles. The zero-order valence-corrected chi connectivity index (χ0v) is 36.3. The summed E-state index contributed by atoms with van der Waals surface area (Å²) in [5, 5.41) is 6.16. The van der Waals surface area contributed by atoms with Crippen molar-refractivity contribution in [3.05, 3.63) is 205 Å². The molecular weight excluding hydrogens is 753 g/mol. The van der Waals surface area contributed by atoms with Gasteiger partial charge >= 0.3 is 0 Å². The quantitative estimate of drug-likeness (QED) is 0.164. The molecule has 0 amide bonds. The maximum atomic E-state index is 2.45. The Morgan fingerprint density at radius 1 is 0.355 bits per heavy atom. The molecule has 11 aromatic rings. The van der Waals surface area contributed by atoms with Crippen LogP contribution in [0.5, 0.6) is 0 Å². The van der Waals surface area contributed by atoms with Crippen LogP contribution in [0.25, 0.3) is 71.6 Å². The zero-order valence-electron chi connectivity index (χ0n) is 36.3. The van der Waals surface area contributed by atoms with Gasteiger partial charge in [-0.05, 0) is 119 Å². The monoisotopic (exact) mass is 802 g/mol. The third kappa shape index (κ3) is 6.12. The molecule has 8 aromatic carbocycles. The van der Waals surface area contributed by atoms with Gasteiger partial charge in [-0.15, -0.1) is 0 Å². The van der Waals surface area contributed by atoms with E-state index < -0.39 is 0 Å². The second-order valence-corrected chi connectivity index (χ2v) is 18.8. The van der Waals surface area contributed by atoms with E-state index in [1.165, 1.54) is 71.3 Å². The Kier molecular flexibility index (Phi) is 8.59. The molecule has 0 radical (unpaired) electrons. The first kappa shape index (κ1) is 37.7. The molecule has 4 heteroatoms. The van der Waals surface area contributed by atoms with Crippen molar-refractivity contribution in [3.8, 4) is 17.1 Å². The Bertz CT molecular complexity index is 3440. The van der Waals surface area contributed by atoms with E-state index in [0.29, 0.717) is 0 Å². The molecule has 3 heterocycles. The Hall–Kier alpha value is -7.30. The van der Waals surface area contributed by atoms with Gasteiger partial charge in [-0.2, -0.15) is 0 Å². The summed E-state index contributed by atoms with van der Waals surface area (Å²) in [7, 11) is 0. The number of nitrogens with zero attached hydrogens (tertiary/aromatic N) is 4. The number of fused-ring (bicyclic) bond motifs is 8. The van der Waals surface area contributed by atoms with Crippen molar-refractivity contribution in [3.63, 3.8) is 0 Å². The lowest BCUT2D eigenvalue weighted by Crippen LogP contribution is -2.13. The van der Waals surface area contributed by atoms with Gasteiger partial charge in [0.2, 0.25) is 0 Å². The summed E-state index contributed by atoms with van der Waals surface area (Å²) in [5.74, 6) is 0. The number of hydrogen-bond acceptors (Lipinski definition) is 1. The fourth-order valence-corrected chi connectivity index (χ4v) is 9.54. The van der Waals surface area contributed by atoms with Gasteiger partial charge < -0.3 is 18.6 Å². The van der Waals surface area contributed by atoms with E-state index in [-0.39, 0.29) is 10.8 Å². The van der Waals surface area contributed by atoms with Crippen LogP contribution in [0.2, 0.25) is 0 Å². The normalized spacial score (nSPS) is 12.4. The third-order valence-corrected chi connectivity index (χ3v) is 12.8.